The van der Waals surface area contributed by atoms with E-state index in [1.54, 1.807) is 7.11 Å². The summed E-state index contributed by atoms with van der Waals surface area (Å²) >= 11 is 0. The largest absolute Gasteiger partial charge is 0.496 e. The van der Waals surface area contributed by atoms with Gasteiger partial charge in [0.05, 0.1) is 12.7 Å². The van der Waals surface area contributed by atoms with Crippen molar-refractivity contribution in [1.29, 1.82) is 0 Å². The summed E-state index contributed by atoms with van der Waals surface area (Å²) in [5, 5.41) is 9.01. The van der Waals surface area contributed by atoms with E-state index in [4.69, 9.17) is 9.84 Å². The van der Waals surface area contributed by atoms with Crippen molar-refractivity contribution in [1.82, 2.24) is 0 Å². The molecule has 2 aromatic rings. The van der Waals surface area contributed by atoms with Crippen LogP contribution in [-0.4, -0.2) is 18.2 Å². The van der Waals surface area contributed by atoms with E-state index >= 15 is 0 Å². The van der Waals surface area contributed by atoms with Gasteiger partial charge in [0.25, 0.3) is 0 Å². The Kier molecular flexibility index (Phi) is 3.74. The van der Waals surface area contributed by atoms with Gasteiger partial charge in [-0.3, -0.25) is 0 Å². The van der Waals surface area contributed by atoms with E-state index in [1.807, 2.05) is 26.0 Å². The van der Waals surface area contributed by atoms with Crippen LogP contribution in [-0.2, 0) is 0 Å². The number of hydrogen-bond acceptors (Lipinski definition) is 2. The van der Waals surface area contributed by atoms with Gasteiger partial charge in [0, 0.05) is 5.56 Å². The summed E-state index contributed by atoms with van der Waals surface area (Å²) in [7, 11) is 1.54. The Morgan fingerprint density at radius 3 is 2.50 bits per heavy atom. The Hall–Kier alpha value is -2.36. The topological polar surface area (TPSA) is 46.5 Å². The number of methoxy groups -OCH3 is 1. The Bertz CT molecular complexity index is 678. The van der Waals surface area contributed by atoms with E-state index in [0.29, 0.717) is 16.9 Å². The van der Waals surface area contributed by atoms with Crippen molar-refractivity contribution in [2.75, 3.05) is 7.11 Å². The molecule has 0 atom stereocenters. The zero-order valence-corrected chi connectivity index (χ0v) is 11.5. The third-order valence-corrected chi connectivity index (χ3v) is 3.34. The van der Waals surface area contributed by atoms with E-state index in [-0.39, 0.29) is 5.56 Å². The van der Waals surface area contributed by atoms with Crippen LogP contribution < -0.4 is 4.74 Å². The van der Waals surface area contributed by atoms with E-state index in [9.17, 15) is 9.18 Å². The molecule has 0 saturated heterocycles. The van der Waals surface area contributed by atoms with Crippen LogP contribution in [0.25, 0.3) is 11.1 Å². The minimum Gasteiger partial charge on any atom is -0.496 e. The molecule has 0 fully saturated rings. The minimum atomic E-state index is -1.16. The first-order valence-electron chi connectivity index (χ1n) is 6.12. The van der Waals surface area contributed by atoms with E-state index in [0.717, 1.165) is 17.2 Å². The van der Waals surface area contributed by atoms with Gasteiger partial charge in [0.2, 0.25) is 0 Å². The molecular weight excluding hydrogens is 259 g/mol. The molecule has 0 amide bonds. The highest BCUT2D eigenvalue weighted by molar-refractivity contribution is 5.90. The summed E-state index contributed by atoms with van der Waals surface area (Å²) in [6.45, 7) is 3.87. The number of carbonyl (C=O) groups is 1. The number of hydrogen-bond donors (Lipinski definition) is 1. The third-order valence-electron chi connectivity index (χ3n) is 3.34. The SMILES string of the molecule is COc1c(-c2cc(F)cc(C(=O)O)c2)ccc(C)c1C. The second kappa shape index (κ2) is 5.33. The van der Waals surface area contributed by atoms with Crippen LogP contribution in [0.3, 0.4) is 0 Å². The summed E-state index contributed by atoms with van der Waals surface area (Å²) < 4.78 is 19.0. The minimum absolute atomic E-state index is 0.0831. The number of aryl methyl sites for hydroxylation is 1. The Balaban J connectivity index is 2.68. The van der Waals surface area contributed by atoms with Crippen molar-refractivity contribution in [2.24, 2.45) is 0 Å². The first-order chi connectivity index (χ1) is 9.43. The van der Waals surface area contributed by atoms with Gasteiger partial charge >= 0.3 is 5.97 Å². The summed E-state index contributed by atoms with van der Waals surface area (Å²) in [5.41, 5.74) is 3.09. The van der Waals surface area contributed by atoms with Gasteiger partial charge in [-0.1, -0.05) is 12.1 Å². The molecule has 2 rings (SSSR count). The lowest BCUT2D eigenvalue weighted by Crippen LogP contribution is -1.99. The Morgan fingerprint density at radius 2 is 1.90 bits per heavy atom. The van der Waals surface area contributed by atoms with Crippen LogP contribution in [0.5, 0.6) is 5.75 Å². The number of rotatable bonds is 3. The molecule has 4 heteroatoms. The Labute approximate surface area is 116 Å². The lowest BCUT2D eigenvalue weighted by molar-refractivity contribution is 0.0696. The van der Waals surface area contributed by atoms with Crippen molar-refractivity contribution < 1.29 is 19.0 Å². The average molecular weight is 274 g/mol. The number of ether oxygens (including phenoxy) is 1. The Morgan fingerprint density at radius 1 is 1.20 bits per heavy atom. The van der Waals surface area contributed by atoms with Crippen LogP contribution in [0.4, 0.5) is 4.39 Å². The normalized spacial score (nSPS) is 10.4. The fourth-order valence-electron chi connectivity index (χ4n) is 2.15. The number of benzene rings is 2. The molecule has 1 N–H and O–H groups in total. The molecule has 0 bridgehead atoms. The zero-order valence-electron chi connectivity index (χ0n) is 11.5. The number of carboxylic acid groups (broad SMARTS) is 1. The van der Waals surface area contributed by atoms with Crippen molar-refractivity contribution in [3.8, 4) is 16.9 Å². The molecule has 2 aromatic carbocycles. The smallest absolute Gasteiger partial charge is 0.335 e. The van der Waals surface area contributed by atoms with Crippen molar-refractivity contribution in [3.63, 3.8) is 0 Å². The predicted molar refractivity (Wildman–Crippen MR) is 74.8 cm³/mol. The lowest BCUT2D eigenvalue weighted by Gasteiger charge is -2.14. The van der Waals surface area contributed by atoms with Crippen LogP contribution in [0, 0.1) is 19.7 Å². The van der Waals surface area contributed by atoms with Crippen LogP contribution >= 0.6 is 0 Å². The quantitative estimate of drug-likeness (QED) is 0.925. The molecule has 3 nitrogen and oxygen atoms in total. The van der Waals surface area contributed by atoms with Gasteiger partial charge in [0.15, 0.2) is 0 Å². The van der Waals surface area contributed by atoms with Crippen LogP contribution in [0.2, 0.25) is 0 Å². The summed E-state index contributed by atoms with van der Waals surface area (Å²) in [6, 6.07) is 7.45. The maximum atomic E-state index is 13.6. The van der Waals surface area contributed by atoms with Crippen LogP contribution in [0.15, 0.2) is 30.3 Å². The maximum Gasteiger partial charge on any atom is 0.335 e. The van der Waals surface area contributed by atoms with E-state index < -0.39 is 11.8 Å². The predicted octanol–water partition coefficient (Wildman–Crippen LogP) is 3.82. The lowest BCUT2D eigenvalue weighted by atomic mass is 9.97. The summed E-state index contributed by atoms with van der Waals surface area (Å²) in [4.78, 5) is 11.0. The highest BCUT2D eigenvalue weighted by atomic mass is 19.1. The van der Waals surface area contributed by atoms with Gasteiger partial charge in [-0.05, 0) is 48.7 Å². The number of aromatic carboxylic acids is 1. The number of carboxylic acids is 1. The molecule has 0 aromatic heterocycles. The van der Waals surface area contributed by atoms with Crippen molar-refractivity contribution >= 4 is 5.97 Å². The van der Waals surface area contributed by atoms with Crippen molar-refractivity contribution in [2.45, 2.75) is 13.8 Å². The molecule has 0 saturated carbocycles. The zero-order chi connectivity index (χ0) is 14.9. The summed E-state index contributed by atoms with van der Waals surface area (Å²) in [6.07, 6.45) is 0. The van der Waals surface area contributed by atoms with Gasteiger partial charge in [-0.15, -0.1) is 0 Å². The van der Waals surface area contributed by atoms with E-state index in [2.05, 4.69) is 0 Å². The standard InChI is InChI=1S/C16H15FO3/c1-9-4-5-14(15(20-3)10(9)2)11-6-12(16(18)19)8-13(17)7-11/h4-8H,1-3H3,(H,18,19). The first kappa shape index (κ1) is 14.1. The highest BCUT2D eigenvalue weighted by Gasteiger charge is 2.14. The second-order valence-corrected chi connectivity index (χ2v) is 4.62. The monoisotopic (exact) mass is 274 g/mol. The molecule has 104 valence electrons. The summed E-state index contributed by atoms with van der Waals surface area (Å²) in [5.74, 6) is -1.11. The maximum absolute atomic E-state index is 13.6. The van der Waals surface area contributed by atoms with Crippen molar-refractivity contribution in [3.05, 3.63) is 52.8 Å². The molecule has 0 unspecified atom stereocenters. The van der Waals surface area contributed by atoms with Gasteiger partial charge in [-0.25, -0.2) is 9.18 Å². The third kappa shape index (κ3) is 2.50. The number of halogens is 1. The average Bonchev–Trinajstić information content (AvgIpc) is 2.40. The molecule has 0 spiro atoms. The molecule has 0 aliphatic heterocycles. The van der Waals surface area contributed by atoms with Gasteiger partial charge in [-0.2, -0.15) is 0 Å². The molecule has 20 heavy (non-hydrogen) atoms. The highest BCUT2D eigenvalue weighted by Crippen LogP contribution is 2.35. The first-order valence-corrected chi connectivity index (χ1v) is 6.12. The molecule has 0 aliphatic rings. The molecular formula is C16H15FO3. The van der Waals surface area contributed by atoms with Gasteiger partial charge in [0.1, 0.15) is 11.6 Å². The van der Waals surface area contributed by atoms with E-state index in [1.165, 1.54) is 12.1 Å². The van der Waals surface area contributed by atoms with Gasteiger partial charge < -0.3 is 9.84 Å². The fourth-order valence-corrected chi connectivity index (χ4v) is 2.15. The molecule has 0 radical (unpaired) electrons. The second-order valence-electron chi connectivity index (χ2n) is 4.62. The van der Waals surface area contributed by atoms with Crippen LogP contribution in [0.1, 0.15) is 21.5 Å². The fraction of sp³-hybridized carbons (Fsp3) is 0.188. The molecule has 0 heterocycles. The molecule has 0 aliphatic carbocycles.